The van der Waals surface area contributed by atoms with Crippen molar-refractivity contribution in [2.45, 2.75) is 26.7 Å². The molecular formula is C22H28N4O6. The largest absolute Gasteiger partial charge is 0.482 e. The SMILES string of the molecule is COC(=O)COc1ccc(NC(=O)CCc2c(C)nc(N3CCOCC3)[nH]c2=O)c(C)c1. The normalized spacial score (nSPS) is 13.5. The summed E-state index contributed by atoms with van der Waals surface area (Å²) < 4.78 is 15.2. The molecule has 0 unspecified atom stereocenters. The highest BCUT2D eigenvalue weighted by Crippen LogP contribution is 2.22. The molecule has 0 atom stereocenters. The van der Waals surface area contributed by atoms with Crippen LogP contribution >= 0.6 is 0 Å². The van der Waals surface area contributed by atoms with Crippen molar-refractivity contribution in [3.63, 3.8) is 0 Å². The zero-order valence-corrected chi connectivity index (χ0v) is 18.5. The van der Waals surface area contributed by atoms with Gasteiger partial charge in [0, 0.05) is 36.5 Å². The summed E-state index contributed by atoms with van der Waals surface area (Å²) in [6.45, 7) is 5.97. The van der Waals surface area contributed by atoms with Gasteiger partial charge in [-0.1, -0.05) is 0 Å². The van der Waals surface area contributed by atoms with Crippen molar-refractivity contribution in [2.24, 2.45) is 0 Å². The minimum Gasteiger partial charge on any atom is -0.482 e. The highest BCUT2D eigenvalue weighted by molar-refractivity contribution is 5.91. The Morgan fingerprint density at radius 1 is 1.25 bits per heavy atom. The summed E-state index contributed by atoms with van der Waals surface area (Å²) in [7, 11) is 1.29. The van der Waals surface area contributed by atoms with E-state index in [0.29, 0.717) is 54.9 Å². The lowest BCUT2D eigenvalue weighted by atomic mass is 10.1. The molecule has 2 N–H and O–H groups in total. The number of methoxy groups -OCH3 is 1. The van der Waals surface area contributed by atoms with Gasteiger partial charge in [-0.15, -0.1) is 0 Å². The number of esters is 1. The second kappa shape index (κ2) is 10.8. The number of aryl methyl sites for hydroxylation is 2. The number of nitrogens with one attached hydrogen (secondary N) is 2. The first-order chi connectivity index (χ1) is 15.4. The monoisotopic (exact) mass is 444 g/mol. The molecule has 0 spiro atoms. The van der Waals surface area contributed by atoms with E-state index in [1.807, 2.05) is 11.8 Å². The van der Waals surface area contributed by atoms with Crippen LogP contribution in [0.1, 0.15) is 23.2 Å². The maximum absolute atomic E-state index is 12.6. The van der Waals surface area contributed by atoms with E-state index >= 15 is 0 Å². The van der Waals surface area contributed by atoms with Gasteiger partial charge in [0.15, 0.2) is 6.61 Å². The van der Waals surface area contributed by atoms with Crippen LogP contribution in [0.3, 0.4) is 0 Å². The number of aromatic nitrogens is 2. The molecule has 1 fully saturated rings. The summed E-state index contributed by atoms with van der Waals surface area (Å²) in [5.74, 6) is 0.346. The third-order valence-electron chi connectivity index (χ3n) is 5.18. The van der Waals surface area contributed by atoms with Crippen LogP contribution in [0, 0.1) is 13.8 Å². The molecule has 32 heavy (non-hydrogen) atoms. The molecule has 1 amide bonds. The number of rotatable bonds is 8. The Morgan fingerprint density at radius 2 is 2.00 bits per heavy atom. The number of hydrogen-bond acceptors (Lipinski definition) is 8. The molecule has 1 aromatic heterocycles. The summed E-state index contributed by atoms with van der Waals surface area (Å²) >= 11 is 0. The van der Waals surface area contributed by atoms with Gasteiger partial charge >= 0.3 is 5.97 Å². The molecule has 2 heterocycles. The molecule has 1 aliphatic heterocycles. The number of nitrogens with zero attached hydrogens (tertiary/aromatic N) is 2. The fourth-order valence-corrected chi connectivity index (χ4v) is 3.33. The number of benzene rings is 1. The Balaban J connectivity index is 1.57. The van der Waals surface area contributed by atoms with Gasteiger partial charge in [0.1, 0.15) is 5.75 Å². The maximum Gasteiger partial charge on any atom is 0.343 e. The zero-order valence-electron chi connectivity index (χ0n) is 18.5. The Morgan fingerprint density at radius 3 is 2.66 bits per heavy atom. The standard InChI is InChI=1S/C22H28N4O6/c1-14-12-16(32-13-20(28)30-3)4-6-18(14)24-19(27)7-5-17-15(2)23-22(25-21(17)29)26-8-10-31-11-9-26/h4,6,12H,5,7-11,13H2,1-3H3,(H,24,27)(H,23,25,29). The molecule has 0 radical (unpaired) electrons. The molecule has 1 saturated heterocycles. The number of amides is 1. The van der Waals surface area contributed by atoms with E-state index in [-0.39, 0.29) is 30.9 Å². The van der Waals surface area contributed by atoms with Crippen LogP contribution in [-0.4, -0.2) is 61.9 Å². The lowest BCUT2D eigenvalue weighted by Gasteiger charge is -2.27. The number of hydrogen-bond donors (Lipinski definition) is 2. The third-order valence-corrected chi connectivity index (χ3v) is 5.18. The van der Waals surface area contributed by atoms with Gasteiger partial charge in [-0.25, -0.2) is 9.78 Å². The summed E-state index contributed by atoms with van der Waals surface area (Å²) in [4.78, 5) is 45.5. The predicted molar refractivity (Wildman–Crippen MR) is 118 cm³/mol. The molecular weight excluding hydrogens is 416 g/mol. The Labute approximate surface area is 185 Å². The average molecular weight is 444 g/mol. The van der Waals surface area contributed by atoms with Crippen molar-refractivity contribution in [3.05, 3.63) is 45.4 Å². The molecule has 0 bridgehead atoms. The van der Waals surface area contributed by atoms with Crippen molar-refractivity contribution in [1.82, 2.24) is 9.97 Å². The van der Waals surface area contributed by atoms with Gasteiger partial charge in [0.2, 0.25) is 11.9 Å². The lowest BCUT2D eigenvalue weighted by Crippen LogP contribution is -2.38. The minimum absolute atomic E-state index is 0.141. The Hall–Kier alpha value is -3.40. The number of ether oxygens (including phenoxy) is 3. The highest BCUT2D eigenvalue weighted by Gasteiger charge is 2.17. The second-order valence-electron chi connectivity index (χ2n) is 7.44. The highest BCUT2D eigenvalue weighted by atomic mass is 16.6. The molecule has 10 heteroatoms. The van der Waals surface area contributed by atoms with Crippen molar-refractivity contribution >= 4 is 23.5 Å². The van der Waals surface area contributed by atoms with E-state index in [1.165, 1.54) is 7.11 Å². The van der Waals surface area contributed by atoms with Gasteiger partial charge in [-0.05, 0) is 44.0 Å². The van der Waals surface area contributed by atoms with E-state index < -0.39 is 5.97 Å². The number of anilines is 2. The van der Waals surface area contributed by atoms with Crippen LogP contribution in [-0.2, 0) is 25.5 Å². The first-order valence-electron chi connectivity index (χ1n) is 10.4. The zero-order chi connectivity index (χ0) is 23.1. The van der Waals surface area contributed by atoms with Crippen molar-refractivity contribution < 1.29 is 23.8 Å². The van der Waals surface area contributed by atoms with Crippen LogP contribution in [0.2, 0.25) is 0 Å². The van der Waals surface area contributed by atoms with Gasteiger partial charge in [-0.3, -0.25) is 14.6 Å². The molecule has 0 saturated carbocycles. The molecule has 1 aromatic carbocycles. The third kappa shape index (κ3) is 6.07. The fraction of sp³-hybridized carbons (Fsp3) is 0.455. The summed E-state index contributed by atoms with van der Waals surface area (Å²) in [5, 5.41) is 2.84. The number of aromatic amines is 1. The van der Waals surface area contributed by atoms with Gasteiger partial charge in [0.05, 0.1) is 20.3 Å². The number of H-pyrrole nitrogens is 1. The smallest absolute Gasteiger partial charge is 0.343 e. The molecule has 1 aliphatic rings. The fourth-order valence-electron chi connectivity index (χ4n) is 3.33. The molecule has 172 valence electrons. The van der Waals surface area contributed by atoms with Crippen LogP contribution < -0.4 is 20.5 Å². The van der Waals surface area contributed by atoms with Crippen molar-refractivity contribution in [3.8, 4) is 5.75 Å². The minimum atomic E-state index is -0.474. The number of carbonyl (C=O) groups excluding carboxylic acids is 2. The Kier molecular flexibility index (Phi) is 7.82. The molecule has 3 rings (SSSR count). The average Bonchev–Trinajstić information content (AvgIpc) is 2.79. The quantitative estimate of drug-likeness (QED) is 0.585. The van der Waals surface area contributed by atoms with Gasteiger partial charge in [0.25, 0.3) is 5.56 Å². The molecule has 10 nitrogen and oxygen atoms in total. The second-order valence-corrected chi connectivity index (χ2v) is 7.44. The Bertz CT molecular complexity index is 1030. The van der Waals surface area contributed by atoms with Crippen molar-refractivity contribution in [1.29, 1.82) is 0 Å². The summed E-state index contributed by atoms with van der Waals surface area (Å²) in [6, 6.07) is 5.09. The lowest BCUT2D eigenvalue weighted by molar-refractivity contribution is -0.142. The van der Waals surface area contributed by atoms with Gasteiger partial charge < -0.3 is 24.4 Å². The van der Waals surface area contributed by atoms with Crippen molar-refractivity contribution in [2.75, 3.05) is 50.2 Å². The van der Waals surface area contributed by atoms with Crippen LogP contribution in [0.15, 0.2) is 23.0 Å². The predicted octanol–water partition coefficient (Wildman–Crippen LogP) is 1.35. The molecule has 2 aromatic rings. The van der Waals surface area contributed by atoms with Crippen LogP contribution in [0.5, 0.6) is 5.75 Å². The van der Waals surface area contributed by atoms with E-state index in [0.717, 1.165) is 5.56 Å². The summed E-state index contributed by atoms with van der Waals surface area (Å²) in [5.41, 5.74) is 2.31. The molecule has 0 aliphatic carbocycles. The van der Waals surface area contributed by atoms with Crippen LogP contribution in [0.4, 0.5) is 11.6 Å². The summed E-state index contributed by atoms with van der Waals surface area (Å²) in [6.07, 6.45) is 0.422. The first kappa shape index (κ1) is 23.3. The first-order valence-corrected chi connectivity index (χ1v) is 10.4. The van der Waals surface area contributed by atoms with Crippen LogP contribution in [0.25, 0.3) is 0 Å². The van der Waals surface area contributed by atoms with E-state index in [2.05, 4.69) is 20.0 Å². The topological polar surface area (TPSA) is 123 Å². The maximum atomic E-state index is 12.6. The van der Waals surface area contributed by atoms with E-state index in [4.69, 9.17) is 9.47 Å². The van der Waals surface area contributed by atoms with E-state index in [9.17, 15) is 14.4 Å². The van der Waals surface area contributed by atoms with Gasteiger partial charge in [-0.2, -0.15) is 0 Å². The number of morpholine rings is 1. The number of carbonyl (C=O) groups is 2. The van der Waals surface area contributed by atoms with E-state index in [1.54, 1.807) is 25.1 Å².